The number of aromatic nitrogens is 5. The normalized spacial score (nSPS) is 18.7. The summed E-state index contributed by atoms with van der Waals surface area (Å²) in [5.41, 5.74) is 3.00. The molecule has 0 aliphatic carbocycles. The number of carbonyl (C=O) groups is 1. The quantitative estimate of drug-likeness (QED) is 0.332. The molecule has 1 atom stereocenters. The Labute approximate surface area is 240 Å². The Hall–Kier alpha value is -4.31. The molecule has 2 aliphatic heterocycles. The molecule has 0 spiro atoms. The van der Waals surface area contributed by atoms with Gasteiger partial charge in [0, 0.05) is 55.6 Å². The van der Waals surface area contributed by atoms with E-state index in [0.717, 1.165) is 50.1 Å². The van der Waals surface area contributed by atoms with Crippen LogP contribution in [-0.4, -0.2) is 77.6 Å². The van der Waals surface area contributed by atoms with Gasteiger partial charge in [-0.1, -0.05) is 36.4 Å². The molecule has 1 N–H and O–H groups in total. The van der Waals surface area contributed by atoms with Gasteiger partial charge >= 0.3 is 6.03 Å². The Balaban J connectivity index is 1.05. The van der Waals surface area contributed by atoms with E-state index in [9.17, 15) is 4.79 Å². The minimum absolute atomic E-state index is 0.0893. The lowest BCUT2D eigenvalue weighted by Crippen LogP contribution is -2.49. The van der Waals surface area contributed by atoms with E-state index in [-0.39, 0.29) is 23.7 Å². The van der Waals surface area contributed by atoms with Crippen molar-refractivity contribution in [1.29, 1.82) is 0 Å². The fraction of sp³-hybridized carbons (Fsp3) is 0.387. The highest BCUT2D eigenvalue weighted by Gasteiger charge is 2.46. The fourth-order valence-electron chi connectivity index (χ4n) is 5.78. The minimum atomic E-state index is -0.207. The van der Waals surface area contributed by atoms with Crippen molar-refractivity contribution >= 4 is 6.03 Å². The summed E-state index contributed by atoms with van der Waals surface area (Å²) in [6, 6.07) is 22.4. The molecule has 0 radical (unpaired) electrons. The second-order valence-corrected chi connectivity index (χ2v) is 11.8. The summed E-state index contributed by atoms with van der Waals surface area (Å²) in [5, 5.41) is 14.0. The van der Waals surface area contributed by atoms with Gasteiger partial charge in [0.2, 0.25) is 11.7 Å². The van der Waals surface area contributed by atoms with Crippen molar-refractivity contribution in [3.05, 3.63) is 84.1 Å². The summed E-state index contributed by atoms with van der Waals surface area (Å²) in [7, 11) is 0. The predicted molar refractivity (Wildman–Crippen MR) is 155 cm³/mol. The first-order chi connectivity index (χ1) is 19.8. The highest BCUT2D eigenvalue weighted by atomic mass is 16.5. The number of ether oxygens (including phenoxy) is 1. The van der Waals surface area contributed by atoms with Gasteiger partial charge < -0.3 is 14.5 Å². The van der Waals surface area contributed by atoms with Crippen LogP contribution in [0.15, 0.2) is 72.9 Å². The molecular weight excluding hydrogens is 516 g/mol. The first-order valence-electron chi connectivity index (χ1n) is 14.2. The number of aromatic amines is 1. The number of hydrogen-bond donors (Lipinski definition) is 1. The van der Waals surface area contributed by atoms with E-state index in [0.29, 0.717) is 17.5 Å². The molecule has 41 heavy (non-hydrogen) atoms. The van der Waals surface area contributed by atoms with E-state index >= 15 is 0 Å². The van der Waals surface area contributed by atoms with Gasteiger partial charge in [-0.15, -0.1) is 10.2 Å². The molecule has 2 aliphatic rings. The van der Waals surface area contributed by atoms with Crippen molar-refractivity contribution in [2.24, 2.45) is 0 Å². The Morgan fingerprint density at radius 2 is 1.73 bits per heavy atom. The number of amides is 2. The highest BCUT2D eigenvalue weighted by molar-refractivity contribution is 5.79. The molecule has 2 fully saturated rings. The molecule has 2 aromatic carbocycles. The second-order valence-electron chi connectivity index (χ2n) is 11.8. The van der Waals surface area contributed by atoms with Crippen LogP contribution in [0.4, 0.5) is 4.79 Å². The number of rotatable bonds is 7. The van der Waals surface area contributed by atoms with Gasteiger partial charge in [0.15, 0.2) is 0 Å². The van der Waals surface area contributed by atoms with E-state index in [1.54, 1.807) is 0 Å². The first kappa shape index (κ1) is 26.9. The van der Waals surface area contributed by atoms with Gasteiger partial charge in [-0.3, -0.25) is 4.90 Å². The van der Waals surface area contributed by atoms with E-state index in [1.165, 1.54) is 5.56 Å². The zero-order chi connectivity index (χ0) is 28.4. The topological polar surface area (TPSA) is 103 Å². The number of nitrogens with one attached hydrogen (secondary N) is 1. The van der Waals surface area contributed by atoms with Crippen LogP contribution in [0.3, 0.4) is 0 Å². The molecular formula is C31H36N8O2. The summed E-state index contributed by atoms with van der Waals surface area (Å²) >= 11 is 0. The van der Waals surface area contributed by atoms with E-state index < -0.39 is 0 Å². The number of piperidine rings is 1. The predicted octanol–water partition coefficient (Wildman–Crippen LogP) is 5.30. The van der Waals surface area contributed by atoms with E-state index in [2.05, 4.69) is 86.5 Å². The number of carbonyl (C=O) groups excluding carboxylic acids is 1. The summed E-state index contributed by atoms with van der Waals surface area (Å²) in [5.74, 6) is 1.77. The van der Waals surface area contributed by atoms with Crippen LogP contribution in [0.1, 0.15) is 50.8 Å². The van der Waals surface area contributed by atoms with Gasteiger partial charge in [0.05, 0.1) is 6.04 Å². The number of likely N-dealkylation sites (tertiary alicyclic amines) is 1. The van der Waals surface area contributed by atoms with E-state index in [1.807, 2.05) is 47.5 Å². The third-order valence-electron chi connectivity index (χ3n) is 7.97. The summed E-state index contributed by atoms with van der Waals surface area (Å²) < 4.78 is 5.93. The van der Waals surface area contributed by atoms with Gasteiger partial charge in [-0.05, 0) is 74.2 Å². The van der Waals surface area contributed by atoms with Crippen LogP contribution in [0.25, 0.3) is 11.4 Å². The first-order valence-corrected chi connectivity index (χ1v) is 14.2. The minimum Gasteiger partial charge on any atom is -0.439 e. The lowest BCUT2D eigenvalue weighted by atomic mass is 9.98. The molecule has 212 valence electrons. The fourth-order valence-corrected chi connectivity index (χ4v) is 5.78. The van der Waals surface area contributed by atoms with Crippen LogP contribution < -0.4 is 4.74 Å². The second kappa shape index (κ2) is 11.3. The van der Waals surface area contributed by atoms with E-state index in [4.69, 9.17) is 4.74 Å². The zero-order valence-electron chi connectivity index (χ0n) is 23.8. The largest absolute Gasteiger partial charge is 0.439 e. The van der Waals surface area contributed by atoms with Gasteiger partial charge in [0.25, 0.3) is 0 Å². The molecule has 10 nitrogen and oxygen atoms in total. The molecule has 2 aromatic heterocycles. The monoisotopic (exact) mass is 552 g/mol. The molecule has 0 unspecified atom stereocenters. The number of benzene rings is 2. The number of pyridine rings is 1. The van der Waals surface area contributed by atoms with Gasteiger partial charge in [0.1, 0.15) is 5.75 Å². The maximum atomic E-state index is 13.6. The number of tetrazole rings is 1. The van der Waals surface area contributed by atoms with Crippen molar-refractivity contribution in [3.8, 4) is 23.0 Å². The summed E-state index contributed by atoms with van der Waals surface area (Å²) in [6.45, 7) is 9.80. The number of hydrogen-bond acceptors (Lipinski definition) is 7. The Bertz CT molecular complexity index is 1430. The molecule has 2 saturated heterocycles. The molecule has 4 aromatic rings. The maximum absolute atomic E-state index is 13.6. The van der Waals surface area contributed by atoms with Gasteiger partial charge in [-0.2, -0.15) is 5.21 Å². The molecule has 0 saturated carbocycles. The van der Waals surface area contributed by atoms with Crippen molar-refractivity contribution in [1.82, 2.24) is 40.3 Å². The van der Waals surface area contributed by atoms with Crippen molar-refractivity contribution in [2.75, 3.05) is 19.6 Å². The number of urea groups is 1. The van der Waals surface area contributed by atoms with Crippen molar-refractivity contribution in [2.45, 2.75) is 57.8 Å². The third-order valence-corrected chi connectivity index (χ3v) is 7.97. The van der Waals surface area contributed by atoms with Crippen molar-refractivity contribution < 1.29 is 9.53 Å². The third kappa shape index (κ3) is 5.92. The van der Waals surface area contributed by atoms with Crippen LogP contribution in [0.2, 0.25) is 0 Å². The Morgan fingerprint density at radius 1 is 0.976 bits per heavy atom. The number of nitrogens with zero attached hydrogens (tertiary/aromatic N) is 7. The highest BCUT2D eigenvalue weighted by Crippen LogP contribution is 2.37. The Kier molecular flexibility index (Phi) is 7.40. The van der Waals surface area contributed by atoms with Crippen LogP contribution in [0, 0.1) is 0 Å². The molecule has 6 rings (SSSR count). The lowest BCUT2D eigenvalue weighted by Gasteiger charge is -2.39. The van der Waals surface area contributed by atoms with Crippen LogP contribution in [-0.2, 0) is 6.54 Å². The zero-order valence-corrected chi connectivity index (χ0v) is 23.8. The molecule has 0 bridgehead atoms. The molecule has 2 amide bonds. The van der Waals surface area contributed by atoms with Gasteiger partial charge in [-0.25, -0.2) is 9.78 Å². The lowest BCUT2D eigenvalue weighted by molar-refractivity contribution is 0.105. The number of H-pyrrole nitrogens is 1. The average Bonchev–Trinajstić information content (AvgIpc) is 3.64. The van der Waals surface area contributed by atoms with Crippen molar-refractivity contribution in [3.63, 3.8) is 0 Å². The maximum Gasteiger partial charge on any atom is 0.321 e. The average molecular weight is 553 g/mol. The summed E-state index contributed by atoms with van der Waals surface area (Å²) in [4.78, 5) is 24.8. The van der Waals surface area contributed by atoms with Crippen LogP contribution in [0.5, 0.6) is 11.6 Å². The molecule has 4 heterocycles. The SMILES string of the molecule is CC(C)(C)N1C[C@@H](c2ccccc2)N(C2CCN(Cc3ccc(Oc4ccc(-c5nn[nH]n5)cc4)nc3)CC2)C1=O. The Morgan fingerprint density at radius 3 is 2.37 bits per heavy atom. The molecule has 10 heteroatoms. The summed E-state index contributed by atoms with van der Waals surface area (Å²) in [6.07, 6.45) is 3.80. The van der Waals surface area contributed by atoms with Crippen LogP contribution >= 0.6 is 0 Å². The standard InChI is InChI=1S/C31H36N8O2/c1-31(2,3)38-21-27(23-7-5-4-6-8-23)39(30(38)40)25-15-17-37(18-16-25)20-22-9-14-28(32-19-22)41-26-12-10-24(11-13-26)29-33-35-36-34-29/h4-14,19,25,27H,15-18,20-21H2,1-3H3,(H,33,34,35,36)/t27-/m0/s1. The smallest absolute Gasteiger partial charge is 0.321 e.